The van der Waals surface area contributed by atoms with Crippen molar-refractivity contribution in [3.63, 3.8) is 0 Å². The van der Waals surface area contributed by atoms with Crippen molar-refractivity contribution >= 4 is 21.7 Å². The number of aryl methyl sites for hydroxylation is 1. The van der Waals surface area contributed by atoms with Gasteiger partial charge >= 0.3 is 0 Å². The molecule has 1 N–H and O–H groups in total. The molecule has 0 saturated heterocycles. The monoisotopic (exact) mass is 242 g/mol. The minimum atomic E-state index is -0.263. The Labute approximate surface area is 85.7 Å². The third-order valence-corrected chi connectivity index (χ3v) is 2.20. The zero-order valence-electron chi connectivity index (χ0n) is 7.54. The Kier molecular flexibility index (Phi) is 3.09. The second-order valence-electron chi connectivity index (χ2n) is 3.00. The van der Waals surface area contributed by atoms with Crippen LogP contribution in [0.1, 0.15) is 22.8 Å². The number of halogens is 1. The molecule has 0 aliphatic heterocycles. The summed E-state index contributed by atoms with van der Waals surface area (Å²) in [7, 11) is 0. The minimum absolute atomic E-state index is 0.0521. The van der Waals surface area contributed by atoms with Crippen LogP contribution in [0.3, 0.4) is 0 Å². The van der Waals surface area contributed by atoms with Crippen LogP contribution in [0.4, 0.5) is 0 Å². The number of hydrogen-bond acceptors (Lipinski definition) is 2. The van der Waals surface area contributed by atoms with Gasteiger partial charge in [0, 0.05) is 0 Å². The van der Waals surface area contributed by atoms with E-state index in [1.165, 1.54) is 0 Å². The lowest BCUT2D eigenvalue weighted by molar-refractivity contribution is 0.0993. The molecular formula is C10H11BrO2. The Morgan fingerprint density at radius 3 is 2.62 bits per heavy atom. The standard InChI is InChI=1S/C10H11BrO2/c1-6-3-4-8(9(12)5-6)10(13)7(2)11/h3-5,7,12H,1-2H3. The maximum atomic E-state index is 11.5. The lowest BCUT2D eigenvalue weighted by Gasteiger charge is -2.05. The average molecular weight is 243 g/mol. The molecule has 1 aromatic carbocycles. The number of Topliss-reactive ketones (excluding diaryl/α,β-unsaturated/α-hetero) is 1. The van der Waals surface area contributed by atoms with Crippen LogP contribution >= 0.6 is 15.9 Å². The number of benzene rings is 1. The molecule has 13 heavy (non-hydrogen) atoms. The van der Waals surface area contributed by atoms with Crippen LogP contribution in [-0.4, -0.2) is 15.7 Å². The summed E-state index contributed by atoms with van der Waals surface area (Å²) in [4.78, 5) is 11.2. The summed E-state index contributed by atoms with van der Waals surface area (Å²) in [5.41, 5.74) is 1.31. The van der Waals surface area contributed by atoms with E-state index in [1.807, 2.05) is 13.0 Å². The smallest absolute Gasteiger partial charge is 0.179 e. The van der Waals surface area contributed by atoms with E-state index < -0.39 is 0 Å². The molecule has 0 spiro atoms. The first-order valence-electron chi connectivity index (χ1n) is 4.00. The van der Waals surface area contributed by atoms with Gasteiger partial charge < -0.3 is 5.11 Å². The number of phenolic OH excluding ortho intramolecular Hbond substituents is 1. The fraction of sp³-hybridized carbons (Fsp3) is 0.300. The number of phenols is 1. The summed E-state index contributed by atoms with van der Waals surface area (Å²) in [6.07, 6.45) is 0. The molecule has 0 amide bonds. The average Bonchev–Trinajstić information content (AvgIpc) is 2.03. The largest absolute Gasteiger partial charge is 0.507 e. The molecule has 0 radical (unpaired) electrons. The first-order valence-corrected chi connectivity index (χ1v) is 4.92. The van der Waals surface area contributed by atoms with Gasteiger partial charge in [0.15, 0.2) is 5.78 Å². The molecule has 2 nitrogen and oxygen atoms in total. The fourth-order valence-electron chi connectivity index (χ4n) is 1.06. The molecular weight excluding hydrogens is 232 g/mol. The van der Waals surface area contributed by atoms with E-state index in [9.17, 15) is 9.90 Å². The topological polar surface area (TPSA) is 37.3 Å². The maximum absolute atomic E-state index is 11.5. The number of carbonyl (C=O) groups is 1. The van der Waals surface area contributed by atoms with Crippen molar-refractivity contribution in [1.29, 1.82) is 0 Å². The third kappa shape index (κ3) is 2.31. The number of carbonyl (C=O) groups excluding carboxylic acids is 1. The quantitative estimate of drug-likeness (QED) is 0.640. The van der Waals surface area contributed by atoms with E-state index in [4.69, 9.17) is 0 Å². The highest BCUT2D eigenvalue weighted by molar-refractivity contribution is 9.10. The first-order chi connectivity index (χ1) is 6.02. The van der Waals surface area contributed by atoms with Crippen molar-refractivity contribution < 1.29 is 9.90 Å². The van der Waals surface area contributed by atoms with Crippen LogP contribution < -0.4 is 0 Å². The van der Waals surface area contributed by atoms with Crippen LogP contribution in [0.25, 0.3) is 0 Å². The molecule has 0 bridgehead atoms. The summed E-state index contributed by atoms with van der Waals surface area (Å²) in [6, 6.07) is 5.04. The van der Waals surface area contributed by atoms with E-state index in [0.717, 1.165) is 5.56 Å². The molecule has 0 aromatic heterocycles. The lowest BCUT2D eigenvalue weighted by atomic mass is 10.1. The van der Waals surface area contributed by atoms with Crippen molar-refractivity contribution in [3.8, 4) is 5.75 Å². The van der Waals surface area contributed by atoms with Gasteiger partial charge in [-0.05, 0) is 31.5 Å². The maximum Gasteiger partial charge on any atom is 0.179 e. The molecule has 1 rings (SSSR count). The van der Waals surface area contributed by atoms with Crippen LogP contribution in [0.2, 0.25) is 0 Å². The summed E-state index contributed by atoms with van der Waals surface area (Å²) in [5, 5.41) is 9.47. The summed E-state index contributed by atoms with van der Waals surface area (Å²) in [6.45, 7) is 3.60. The Balaban J connectivity index is 3.09. The molecule has 0 heterocycles. The van der Waals surface area contributed by atoms with Crippen molar-refractivity contribution in [2.75, 3.05) is 0 Å². The van der Waals surface area contributed by atoms with Gasteiger partial charge in [0.1, 0.15) is 5.75 Å². The van der Waals surface area contributed by atoms with Gasteiger partial charge in [-0.2, -0.15) is 0 Å². The highest BCUT2D eigenvalue weighted by Crippen LogP contribution is 2.21. The number of rotatable bonds is 2. The molecule has 1 unspecified atom stereocenters. The Morgan fingerprint density at radius 2 is 2.15 bits per heavy atom. The number of alkyl halides is 1. The van der Waals surface area contributed by atoms with Gasteiger partial charge in [0.05, 0.1) is 10.4 Å². The summed E-state index contributed by atoms with van der Waals surface area (Å²) >= 11 is 3.17. The predicted molar refractivity (Wildman–Crippen MR) is 55.6 cm³/mol. The van der Waals surface area contributed by atoms with Crippen LogP contribution in [-0.2, 0) is 0 Å². The SMILES string of the molecule is Cc1ccc(C(=O)C(C)Br)c(O)c1. The predicted octanol–water partition coefficient (Wildman–Crippen LogP) is 2.67. The van der Waals surface area contributed by atoms with E-state index in [1.54, 1.807) is 19.1 Å². The first kappa shape index (κ1) is 10.3. The highest BCUT2D eigenvalue weighted by Gasteiger charge is 2.15. The minimum Gasteiger partial charge on any atom is -0.507 e. The second-order valence-corrected chi connectivity index (χ2v) is 4.37. The summed E-state index contributed by atoms with van der Waals surface area (Å²) < 4.78 is 0. The number of aromatic hydroxyl groups is 1. The van der Waals surface area contributed by atoms with Crippen molar-refractivity contribution in [3.05, 3.63) is 29.3 Å². The van der Waals surface area contributed by atoms with E-state index in [0.29, 0.717) is 5.56 Å². The number of hydrogen-bond donors (Lipinski definition) is 1. The van der Waals surface area contributed by atoms with Gasteiger partial charge in [-0.3, -0.25) is 4.79 Å². The Bertz CT molecular complexity index is 332. The van der Waals surface area contributed by atoms with Crippen molar-refractivity contribution in [2.24, 2.45) is 0 Å². The van der Waals surface area contributed by atoms with Crippen molar-refractivity contribution in [2.45, 2.75) is 18.7 Å². The molecule has 0 aliphatic carbocycles. The number of ketones is 1. The second kappa shape index (κ2) is 3.92. The van der Waals surface area contributed by atoms with Crippen LogP contribution in [0.15, 0.2) is 18.2 Å². The van der Waals surface area contributed by atoms with Gasteiger partial charge in [0.2, 0.25) is 0 Å². The van der Waals surface area contributed by atoms with Crippen LogP contribution in [0.5, 0.6) is 5.75 Å². The molecule has 1 atom stereocenters. The zero-order valence-corrected chi connectivity index (χ0v) is 9.13. The molecule has 70 valence electrons. The Hall–Kier alpha value is -0.830. The molecule has 0 saturated carbocycles. The van der Waals surface area contributed by atoms with Gasteiger partial charge in [-0.1, -0.05) is 22.0 Å². The molecule has 1 aromatic rings. The summed E-state index contributed by atoms with van der Waals surface area (Å²) in [5.74, 6) is -0.0474. The fourth-order valence-corrected chi connectivity index (χ4v) is 1.31. The van der Waals surface area contributed by atoms with Crippen LogP contribution in [0, 0.1) is 6.92 Å². The van der Waals surface area contributed by atoms with Gasteiger partial charge in [0.25, 0.3) is 0 Å². The Morgan fingerprint density at radius 1 is 1.54 bits per heavy atom. The van der Waals surface area contributed by atoms with Gasteiger partial charge in [-0.25, -0.2) is 0 Å². The molecule has 0 aliphatic rings. The van der Waals surface area contributed by atoms with E-state index in [-0.39, 0.29) is 16.4 Å². The lowest BCUT2D eigenvalue weighted by Crippen LogP contribution is -2.09. The molecule has 0 fully saturated rings. The van der Waals surface area contributed by atoms with Crippen molar-refractivity contribution in [1.82, 2.24) is 0 Å². The highest BCUT2D eigenvalue weighted by atomic mass is 79.9. The molecule has 3 heteroatoms. The normalized spacial score (nSPS) is 12.5. The van der Waals surface area contributed by atoms with E-state index >= 15 is 0 Å². The third-order valence-electron chi connectivity index (χ3n) is 1.78. The van der Waals surface area contributed by atoms with Gasteiger partial charge in [-0.15, -0.1) is 0 Å². The zero-order chi connectivity index (χ0) is 10.0. The van der Waals surface area contributed by atoms with E-state index in [2.05, 4.69) is 15.9 Å².